The minimum Gasteiger partial charge on any atom is -0.494 e. The average molecular weight is 384 g/mol. The highest BCUT2D eigenvalue weighted by molar-refractivity contribution is 5.77. The Morgan fingerprint density at radius 3 is 2.32 bits per heavy atom. The molecule has 3 rings (SSSR count). The van der Waals surface area contributed by atoms with Gasteiger partial charge in [-0.3, -0.25) is 9.69 Å². The van der Waals surface area contributed by atoms with E-state index in [4.69, 9.17) is 14.2 Å². The minimum absolute atomic E-state index is 0.0143. The number of morpholine rings is 1. The van der Waals surface area contributed by atoms with Gasteiger partial charge < -0.3 is 19.5 Å². The summed E-state index contributed by atoms with van der Waals surface area (Å²) in [5.74, 6) is 1.29. The predicted octanol–water partition coefficient (Wildman–Crippen LogP) is 2.61. The van der Waals surface area contributed by atoms with E-state index in [0.29, 0.717) is 18.9 Å². The molecular formula is C22H28N2O4. The van der Waals surface area contributed by atoms with Crippen molar-refractivity contribution in [3.63, 3.8) is 0 Å². The molecule has 1 heterocycles. The third-order valence-corrected chi connectivity index (χ3v) is 4.60. The lowest BCUT2D eigenvalue weighted by molar-refractivity contribution is -0.123. The molecule has 1 aliphatic rings. The summed E-state index contributed by atoms with van der Waals surface area (Å²) in [6.07, 6.45) is 0. The molecule has 1 aliphatic heterocycles. The van der Waals surface area contributed by atoms with Crippen molar-refractivity contribution in [3.05, 3.63) is 59.7 Å². The van der Waals surface area contributed by atoms with Crippen LogP contribution in [0.25, 0.3) is 0 Å². The fourth-order valence-electron chi connectivity index (χ4n) is 3.08. The van der Waals surface area contributed by atoms with Crippen molar-refractivity contribution < 1.29 is 19.0 Å². The molecule has 0 radical (unpaired) electrons. The largest absolute Gasteiger partial charge is 0.494 e. The summed E-state index contributed by atoms with van der Waals surface area (Å²) in [7, 11) is 0. The lowest BCUT2D eigenvalue weighted by Gasteiger charge is -2.27. The van der Waals surface area contributed by atoms with Crippen molar-refractivity contribution in [1.29, 1.82) is 0 Å². The van der Waals surface area contributed by atoms with Gasteiger partial charge >= 0.3 is 0 Å². The third-order valence-electron chi connectivity index (χ3n) is 4.60. The number of carbonyl (C=O) groups is 1. The topological polar surface area (TPSA) is 60.0 Å². The second-order valence-corrected chi connectivity index (χ2v) is 6.63. The van der Waals surface area contributed by atoms with Crippen molar-refractivity contribution in [1.82, 2.24) is 10.2 Å². The van der Waals surface area contributed by atoms with Gasteiger partial charge in [-0.2, -0.15) is 0 Å². The number of benzene rings is 2. The van der Waals surface area contributed by atoms with Crippen LogP contribution in [-0.2, 0) is 22.6 Å². The van der Waals surface area contributed by atoms with Gasteiger partial charge in [0.2, 0.25) is 0 Å². The lowest BCUT2D eigenvalue weighted by atomic mass is 10.1. The van der Waals surface area contributed by atoms with E-state index in [1.165, 1.54) is 5.56 Å². The molecule has 28 heavy (non-hydrogen) atoms. The summed E-state index contributed by atoms with van der Waals surface area (Å²) in [6, 6.07) is 15.5. The normalized spacial score (nSPS) is 14.5. The Morgan fingerprint density at radius 1 is 1.00 bits per heavy atom. The Labute approximate surface area is 166 Å². The number of rotatable bonds is 9. The van der Waals surface area contributed by atoms with Gasteiger partial charge in [0.1, 0.15) is 11.5 Å². The van der Waals surface area contributed by atoms with E-state index in [1.807, 2.05) is 31.2 Å². The summed E-state index contributed by atoms with van der Waals surface area (Å²) in [5, 5.41) is 2.95. The Balaban J connectivity index is 1.46. The van der Waals surface area contributed by atoms with Crippen LogP contribution < -0.4 is 14.8 Å². The van der Waals surface area contributed by atoms with Gasteiger partial charge in [-0.25, -0.2) is 0 Å². The minimum atomic E-state index is -0.143. The zero-order valence-electron chi connectivity index (χ0n) is 16.4. The summed E-state index contributed by atoms with van der Waals surface area (Å²) in [4.78, 5) is 14.5. The average Bonchev–Trinajstić information content (AvgIpc) is 2.73. The number of nitrogens with one attached hydrogen (secondary N) is 1. The van der Waals surface area contributed by atoms with Crippen LogP contribution in [0.2, 0.25) is 0 Å². The fourth-order valence-corrected chi connectivity index (χ4v) is 3.08. The van der Waals surface area contributed by atoms with Gasteiger partial charge in [-0.05, 0) is 42.3 Å². The fraction of sp³-hybridized carbons (Fsp3) is 0.409. The quantitative estimate of drug-likeness (QED) is 0.720. The number of carbonyl (C=O) groups excluding carboxylic acids is 1. The smallest absolute Gasteiger partial charge is 0.258 e. The molecule has 0 atom stereocenters. The molecule has 2 aromatic carbocycles. The van der Waals surface area contributed by atoms with Crippen LogP contribution in [0.5, 0.6) is 11.5 Å². The summed E-state index contributed by atoms with van der Waals surface area (Å²) in [5.41, 5.74) is 2.36. The highest BCUT2D eigenvalue weighted by atomic mass is 16.5. The first-order valence-corrected chi connectivity index (χ1v) is 9.74. The van der Waals surface area contributed by atoms with E-state index in [1.54, 1.807) is 12.1 Å². The molecule has 6 heteroatoms. The standard InChI is InChI=1S/C22H28N2O4/c1-2-27-20-7-9-21(10-8-20)28-17-22(25)23-15-18-5-3-4-6-19(18)16-24-11-13-26-14-12-24/h3-10H,2,11-17H2,1H3,(H,23,25). The van der Waals surface area contributed by atoms with E-state index >= 15 is 0 Å². The van der Waals surface area contributed by atoms with E-state index in [9.17, 15) is 4.79 Å². The molecule has 0 saturated carbocycles. The summed E-state index contributed by atoms with van der Waals surface area (Å²) < 4.78 is 16.4. The van der Waals surface area contributed by atoms with Gasteiger partial charge in [-0.15, -0.1) is 0 Å². The van der Waals surface area contributed by atoms with Gasteiger partial charge in [0.05, 0.1) is 19.8 Å². The molecule has 1 fully saturated rings. The van der Waals surface area contributed by atoms with Crippen LogP contribution >= 0.6 is 0 Å². The molecule has 150 valence electrons. The van der Waals surface area contributed by atoms with Crippen LogP contribution in [0.1, 0.15) is 18.1 Å². The molecule has 1 N–H and O–H groups in total. The van der Waals surface area contributed by atoms with Crippen LogP contribution in [0.4, 0.5) is 0 Å². The number of nitrogens with zero attached hydrogens (tertiary/aromatic N) is 1. The molecule has 1 saturated heterocycles. The van der Waals surface area contributed by atoms with E-state index < -0.39 is 0 Å². The molecule has 0 unspecified atom stereocenters. The number of hydrogen-bond acceptors (Lipinski definition) is 5. The number of amides is 1. The first kappa shape index (κ1) is 20.2. The van der Waals surface area contributed by atoms with Gasteiger partial charge in [0, 0.05) is 26.2 Å². The van der Waals surface area contributed by atoms with E-state index in [0.717, 1.165) is 44.2 Å². The molecule has 2 aromatic rings. The highest BCUT2D eigenvalue weighted by Crippen LogP contribution is 2.17. The molecule has 0 spiro atoms. The van der Waals surface area contributed by atoms with Crippen molar-refractivity contribution >= 4 is 5.91 Å². The van der Waals surface area contributed by atoms with E-state index in [-0.39, 0.29) is 12.5 Å². The van der Waals surface area contributed by atoms with Crippen LogP contribution in [0, 0.1) is 0 Å². The Morgan fingerprint density at radius 2 is 1.64 bits per heavy atom. The van der Waals surface area contributed by atoms with Crippen LogP contribution in [0.3, 0.4) is 0 Å². The molecule has 6 nitrogen and oxygen atoms in total. The molecule has 0 aliphatic carbocycles. The van der Waals surface area contributed by atoms with Gasteiger partial charge in [0.15, 0.2) is 6.61 Å². The zero-order valence-corrected chi connectivity index (χ0v) is 16.4. The number of hydrogen-bond donors (Lipinski definition) is 1. The molecule has 0 aromatic heterocycles. The second kappa shape index (κ2) is 10.7. The molecular weight excluding hydrogens is 356 g/mol. The van der Waals surface area contributed by atoms with Crippen molar-refractivity contribution in [2.24, 2.45) is 0 Å². The Bertz CT molecular complexity index is 742. The first-order chi connectivity index (χ1) is 13.7. The van der Waals surface area contributed by atoms with Gasteiger partial charge in [-0.1, -0.05) is 24.3 Å². The maximum atomic E-state index is 12.2. The number of ether oxygens (including phenoxy) is 3. The van der Waals surface area contributed by atoms with Gasteiger partial charge in [0.25, 0.3) is 5.91 Å². The zero-order chi connectivity index (χ0) is 19.6. The van der Waals surface area contributed by atoms with Crippen molar-refractivity contribution in [3.8, 4) is 11.5 Å². The molecule has 0 bridgehead atoms. The summed E-state index contributed by atoms with van der Waals surface area (Å²) in [6.45, 7) is 7.35. The molecule has 1 amide bonds. The predicted molar refractivity (Wildman–Crippen MR) is 107 cm³/mol. The monoisotopic (exact) mass is 384 g/mol. The SMILES string of the molecule is CCOc1ccc(OCC(=O)NCc2ccccc2CN2CCOCC2)cc1. The maximum Gasteiger partial charge on any atom is 0.258 e. The highest BCUT2D eigenvalue weighted by Gasteiger charge is 2.13. The second-order valence-electron chi connectivity index (χ2n) is 6.63. The maximum absolute atomic E-state index is 12.2. The van der Waals surface area contributed by atoms with Crippen LogP contribution in [-0.4, -0.2) is 50.3 Å². The lowest BCUT2D eigenvalue weighted by Crippen LogP contribution is -2.36. The first-order valence-electron chi connectivity index (χ1n) is 9.74. The van der Waals surface area contributed by atoms with Crippen molar-refractivity contribution in [2.45, 2.75) is 20.0 Å². The summed E-state index contributed by atoms with van der Waals surface area (Å²) >= 11 is 0. The Hall–Kier alpha value is -2.57. The third kappa shape index (κ3) is 6.25. The van der Waals surface area contributed by atoms with Crippen molar-refractivity contribution in [2.75, 3.05) is 39.5 Å². The van der Waals surface area contributed by atoms with E-state index in [2.05, 4.69) is 22.3 Å². The Kier molecular flexibility index (Phi) is 7.70. The van der Waals surface area contributed by atoms with Crippen LogP contribution in [0.15, 0.2) is 48.5 Å².